The summed E-state index contributed by atoms with van der Waals surface area (Å²) in [6.45, 7) is 14.8. The van der Waals surface area contributed by atoms with Crippen LogP contribution in [0.3, 0.4) is 0 Å². The Bertz CT molecular complexity index is 411. The van der Waals surface area contributed by atoms with E-state index in [0.29, 0.717) is 5.92 Å². The van der Waals surface area contributed by atoms with Gasteiger partial charge in [-0.2, -0.15) is 0 Å². The Labute approximate surface area is 118 Å². The molecule has 0 saturated carbocycles. The minimum Gasteiger partial charge on any atom is -0.308 e. The van der Waals surface area contributed by atoms with Crippen molar-refractivity contribution in [2.45, 2.75) is 45.7 Å². The fourth-order valence-corrected chi connectivity index (χ4v) is 3.02. The first-order valence-corrected chi connectivity index (χ1v) is 7.39. The van der Waals surface area contributed by atoms with E-state index in [0.717, 1.165) is 19.6 Å². The van der Waals surface area contributed by atoms with Crippen molar-refractivity contribution in [1.29, 1.82) is 0 Å². The molecule has 0 aromatic heterocycles. The van der Waals surface area contributed by atoms with E-state index < -0.39 is 0 Å². The van der Waals surface area contributed by atoms with Crippen molar-refractivity contribution in [3.63, 3.8) is 0 Å². The van der Waals surface area contributed by atoms with Crippen LogP contribution in [0.1, 0.15) is 40.2 Å². The Kier molecular flexibility index (Phi) is 4.03. The molecule has 1 aliphatic heterocycles. The summed E-state index contributed by atoms with van der Waals surface area (Å²) in [6, 6.07) is 10.9. The molecule has 2 heteroatoms. The van der Waals surface area contributed by atoms with Crippen molar-refractivity contribution >= 4 is 0 Å². The van der Waals surface area contributed by atoms with E-state index >= 15 is 0 Å². The number of hydrogen-bond donors (Lipinski definition) is 1. The van der Waals surface area contributed by atoms with Gasteiger partial charge in [-0.1, -0.05) is 44.2 Å². The number of hydrogen-bond acceptors (Lipinski definition) is 2. The molecule has 1 N–H and O–H groups in total. The van der Waals surface area contributed by atoms with Crippen LogP contribution in [0.2, 0.25) is 0 Å². The largest absolute Gasteiger partial charge is 0.308 e. The molecule has 106 valence electrons. The Morgan fingerprint density at radius 2 is 1.79 bits per heavy atom. The van der Waals surface area contributed by atoms with E-state index in [1.807, 2.05) is 0 Å². The third kappa shape index (κ3) is 3.18. The summed E-state index contributed by atoms with van der Waals surface area (Å²) in [4.78, 5) is 2.66. The maximum Gasteiger partial charge on any atom is 0.0558 e. The summed E-state index contributed by atoms with van der Waals surface area (Å²) in [7, 11) is 0. The maximum absolute atomic E-state index is 3.71. The molecular formula is C17H28N2. The van der Waals surface area contributed by atoms with E-state index in [-0.39, 0.29) is 11.1 Å². The molecule has 1 heterocycles. The first-order chi connectivity index (χ1) is 8.83. The van der Waals surface area contributed by atoms with Crippen molar-refractivity contribution < 1.29 is 0 Å². The molecule has 0 bridgehead atoms. The Morgan fingerprint density at radius 3 is 2.37 bits per heavy atom. The molecular weight excluding hydrogens is 232 g/mol. The van der Waals surface area contributed by atoms with E-state index in [2.05, 4.69) is 75.2 Å². The molecule has 1 unspecified atom stereocenters. The number of rotatable bonds is 3. The predicted molar refractivity (Wildman–Crippen MR) is 82.3 cm³/mol. The van der Waals surface area contributed by atoms with Gasteiger partial charge in [0.15, 0.2) is 0 Å². The van der Waals surface area contributed by atoms with Crippen LogP contribution in [0, 0.1) is 5.92 Å². The molecule has 1 atom stereocenters. The van der Waals surface area contributed by atoms with Crippen molar-refractivity contribution in [1.82, 2.24) is 10.2 Å². The fourth-order valence-electron chi connectivity index (χ4n) is 3.02. The lowest BCUT2D eigenvalue weighted by molar-refractivity contribution is 0.0152. The number of nitrogens with zero attached hydrogens (tertiary/aromatic N) is 1. The zero-order chi connectivity index (χ0) is 14.1. The SMILES string of the molecule is CC(C)CN1CC(C)(C)NCC1(C)c1ccccc1. The van der Waals surface area contributed by atoms with Crippen molar-refractivity contribution in [3.8, 4) is 0 Å². The quantitative estimate of drug-likeness (QED) is 0.897. The highest BCUT2D eigenvalue weighted by atomic mass is 15.3. The number of piperazine rings is 1. The van der Waals surface area contributed by atoms with Gasteiger partial charge in [-0.25, -0.2) is 0 Å². The lowest BCUT2D eigenvalue weighted by Crippen LogP contribution is -2.66. The molecule has 0 aliphatic carbocycles. The molecule has 1 saturated heterocycles. The van der Waals surface area contributed by atoms with Gasteiger partial charge in [0, 0.05) is 25.2 Å². The van der Waals surface area contributed by atoms with Crippen molar-refractivity contribution in [2.24, 2.45) is 5.92 Å². The van der Waals surface area contributed by atoms with E-state index in [1.54, 1.807) is 0 Å². The Balaban J connectivity index is 2.31. The number of nitrogens with one attached hydrogen (secondary N) is 1. The van der Waals surface area contributed by atoms with Crippen LogP contribution >= 0.6 is 0 Å². The molecule has 1 fully saturated rings. The van der Waals surface area contributed by atoms with Crippen LogP contribution in [-0.2, 0) is 5.54 Å². The minimum absolute atomic E-state index is 0.0983. The summed E-state index contributed by atoms with van der Waals surface area (Å²) >= 11 is 0. The van der Waals surface area contributed by atoms with Gasteiger partial charge in [0.05, 0.1) is 5.54 Å². The molecule has 1 aromatic rings. The summed E-state index contributed by atoms with van der Waals surface area (Å²) in [5, 5.41) is 3.71. The standard InChI is InChI=1S/C17H28N2/c1-14(2)11-19-13-16(3,4)18-12-17(19,5)15-9-7-6-8-10-15/h6-10,14,18H,11-13H2,1-5H3. The zero-order valence-corrected chi connectivity index (χ0v) is 13.0. The van der Waals surface area contributed by atoms with Crippen molar-refractivity contribution in [2.75, 3.05) is 19.6 Å². The maximum atomic E-state index is 3.71. The fraction of sp³-hybridized carbons (Fsp3) is 0.647. The smallest absolute Gasteiger partial charge is 0.0558 e. The second kappa shape index (κ2) is 5.26. The molecule has 0 radical (unpaired) electrons. The third-order valence-electron chi connectivity index (χ3n) is 4.18. The molecule has 2 rings (SSSR count). The van der Waals surface area contributed by atoms with Crippen LogP contribution in [0.5, 0.6) is 0 Å². The van der Waals surface area contributed by atoms with Crippen LogP contribution in [0.4, 0.5) is 0 Å². The zero-order valence-electron chi connectivity index (χ0n) is 13.0. The summed E-state index contributed by atoms with van der Waals surface area (Å²) in [6.07, 6.45) is 0. The van der Waals surface area contributed by atoms with Gasteiger partial charge in [-0.15, -0.1) is 0 Å². The van der Waals surface area contributed by atoms with Gasteiger partial charge < -0.3 is 5.32 Å². The average Bonchev–Trinajstić information content (AvgIpc) is 2.34. The van der Waals surface area contributed by atoms with Crippen LogP contribution in [0.15, 0.2) is 30.3 Å². The predicted octanol–water partition coefficient (Wildman–Crippen LogP) is 3.24. The minimum atomic E-state index is 0.0983. The van der Waals surface area contributed by atoms with Crippen LogP contribution in [0.25, 0.3) is 0 Å². The lowest BCUT2D eigenvalue weighted by Gasteiger charge is -2.52. The molecule has 0 spiro atoms. The molecule has 1 aromatic carbocycles. The van der Waals surface area contributed by atoms with Gasteiger partial charge in [-0.3, -0.25) is 4.90 Å². The molecule has 0 amide bonds. The van der Waals surface area contributed by atoms with Crippen LogP contribution in [-0.4, -0.2) is 30.1 Å². The number of benzene rings is 1. The molecule has 2 nitrogen and oxygen atoms in total. The van der Waals surface area contributed by atoms with Gasteiger partial charge >= 0.3 is 0 Å². The average molecular weight is 260 g/mol. The highest BCUT2D eigenvalue weighted by molar-refractivity contribution is 5.26. The second-order valence-electron chi connectivity index (χ2n) is 7.15. The second-order valence-corrected chi connectivity index (χ2v) is 7.15. The van der Waals surface area contributed by atoms with Gasteiger partial charge in [-0.05, 0) is 32.3 Å². The van der Waals surface area contributed by atoms with E-state index in [4.69, 9.17) is 0 Å². The summed E-state index contributed by atoms with van der Waals surface area (Å²) < 4.78 is 0. The molecule has 19 heavy (non-hydrogen) atoms. The van der Waals surface area contributed by atoms with Crippen molar-refractivity contribution in [3.05, 3.63) is 35.9 Å². The molecule has 1 aliphatic rings. The first kappa shape index (κ1) is 14.5. The Hall–Kier alpha value is -0.860. The van der Waals surface area contributed by atoms with Gasteiger partial charge in [0.25, 0.3) is 0 Å². The van der Waals surface area contributed by atoms with Gasteiger partial charge in [0.1, 0.15) is 0 Å². The summed E-state index contributed by atoms with van der Waals surface area (Å²) in [5.74, 6) is 0.692. The first-order valence-electron chi connectivity index (χ1n) is 7.39. The van der Waals surface area contributed by atoms with E-state index in [9.17, 15) is 0 Å². The van der Waals surface area contributed by atoms with Crippen LogP contribution < -0.4 is 5.32 Å². The monoisotopic (exact) mass is 260 g/mol. The summed E-state index contributed by atoms with van der Waals surface area (Å²) in [5.41, 5.74) is 1.71. The highest BCUT2D eigenvalue weighted by Gasteiger charge is 2.41. The normalized spacial score (nSPS) is 27.7. The van der Waals surface area contributed by atoms with Gasteiger partial charge in [0.2, 0.25) is 0 Å². The lowest BCUT2D eigenvalue weighted by atomic mass is 9.83. The third-order valence-corrected chi connectivity index (χ3v) is 4.18. The Morgan fingerprint density at radius 1 is 1.16 bits per heavy atom. The highest BCUT2D eigenvalue weighted by Crippen LogP contribution is 2.33. The van der Waals surface area contributed by atoms with E-state index in [1.165, 1.54) is 5.56 Å². The topological polar surface area (TPSA) is 15.3 Å².